The van der Waals surface area contributed by atoms with E-state index < -0.39 is 0 Å². The van der Waals surface area contributed by atoms with Gasteiger partial charge in [0.25, 0.3) is 0 Å². The van der Waals surface area contributed by atoms with Gasteiger partial charge in [0.05, 0.1) is 17.1 Å². The van der Waals surface area contributed by atoms with Crippen molar-refractivity contribution in [2.24, 2.45) is 13.0 Å². The Balaban J connectivity index is 1.69. The van der Waals surface area contributed by atoms with Crippen LogP contribution in [0, 0.1) is 12.8 Å². The molecule has 1 fully saturated rings. The van der Waals surface area contributed by atoms with E-state index in [0.29, 0.717) is 0 Å². The van der Waals surface area contributed by atoms with Crippen molar-refractivity contribution in [3.8, 4) is 11.4 Å². The molecule has 3 rings (SSSR count). The summed E-state index contributed by atoms with van der Waals surface area (Å²) in [5, 5.41) is 9.10. The summed E-state index contributed by atoms with van der Waals surface area (Å²) in [5.74, 6) is 2.48. The Kier molecular flexibility index (Phi) is 4.99. The number of amides is 1. The first-order valence-electron chi connectivity index (χ1n) is 8.36. The maximum atomic E-state index is 12.6. The smallest absolute Gasteiger partial charge is 0.235 e. The molecule has 1 amide bonds. The van der Waals surface area contributed by atoms with E-state index in [1.807, 2.05) is 36.4 Å². The molecule has 0 unspecified atom stereocenters. The van der Waals surface area contributed by atoms with Crippen LogP contribution in [0.25, 0.3) is 11.4 Å². The van der Waals surface area contributed by atoms with Crippen LogP contribution in [0.2, 0.25) is 0 Å². The Morgan fingerprint density at radius 2 is 2.08 bits per heavy atom. The zero-order valence-corrected chi connectivity index (χ0v) is 15.5. The van der Waals surface area contributed by atoms with E-state index in [9.17, 15) is 4.79 Å². The lowest BCUT2D eigenvalue weighted by atomic mass is 9.99. The minimum absolute atomic E-state index is 0.167. The van der Waals surface area contributed by atoms with Crippen LogP contribution < -0.4 is 0 Å². The van der Waals surface area contributed by atoms with Gasteiger partial charge in [-0.3, -0.25) is 4.79 Å². The van der Waals surface area contributed by atoms with Gasteiger partial charge in [-0.25, -0.2) is 0 Å². The molecule has 2 aromatic heterocycles. The van der Waals surface area contributed by atoms with Crippen molar-refractivity contribution in [3.05, 3.63) is 18.1 Å². The first-order valence-corrected chi connectivity index (χ1v) is 9.24. The molecule has 1 aliphatic rings. The van der Waals surface area contributed by atoms with Gasteiger partial charge in [0.15, 0.2) is 11.0 Å². The van der Waals surface area contributed by atoms with Crippen molar-refractivity contribution >= 4 is 17.7 Å². The third-order valence-corrected chi connectivity index (χ3v) is 5.78. The van der Waals surface area contributed by atoms with E-state index >= 15 is 0 Å². The molecule has 1 saturated heterocycles. The second kappa shape index (κ2) is 7.01. The summed E-state index contributed by atoms with van der Waals surface area (Å²) in [4.78, 5) is 14.6. The molecule has 0 N–H and O–H groups in total. The molecular weight excluding hydrogens is 324 g/mol. The van der Waals surface area contributed by atoms with Gasteiger partial charge in [-0.2, -0.15) is 0 Å². The minimum Gasteiger partial charge on any atom is -0.469 e. The molecular formula is C17H24N4O2S. The van der Waals surface area contributed by atoms with E-state index in [1.165, 1.54) is 11.8 Å². The molecule has 130 valence electrons. The van der Waals surface area contributed by atoms with Crippen molar-refractivity contribution in [2.75, 3.05) is 13.1 Å². The summed E-state index contributed by atoms with van der Waals surface area (Å²) in [6.45, 7) is 7.83. The molecule has 2 aromatic rings. The Labute approximate surface area is 146 Å². The molecule has 0 spiro atoms. The van der Waals surface area contributed by atoms with Crippen molar-refractivity contribution < 1.29 is 9.21 Å². The number of aryl methyl sites for hydroxylation is 1. The van der Waals surface area contributed by atoms with E-state index in [-0.39, 0.29) is 11.2 Å². The number of carbonyl (C=O) groups is 1. The number of hydrogen-bond donors (Lipinski definition) is 0. The maximum absolute atomic E-state index is 12.6. The van der Waals surface area contributed by atoms with Gasteiger partial charge in [0.1, 0.15) is 5.76 Å². The number of aromatic nitrogens is 3. The highest BCUT2D eigenvalue weighted by molar-refractivity contribution is 8.00. The van der Waals surface area contributed by atoms with Crippen LogP contribution in [0.15, 0.2) is 21.9 Å². The van der Waals surface area contributed by atoms with E-state index in [4.69, 9.17) is 4.42 Å². The molecule has 3 heterocycles. The Hall–Kier alpha value is -1.76. The van der Waals surface area contributed by atoms with Crippen LogP contribution in [0.4, 0.5) is 0 Å². The van der Waals surface area contributed by atoms with Gasteiger partial charge < -0.3 is 13.9 Å². The highest BCUT2D eigenvalue weighted by Gasteiger charge is 2.26. The van der Waals surface area contributed by atoms with Crippen LogP contribution in [-0.2, 0) is 11.8 Å². The fraction of sp³-hybridized carbons (Fsp3) is 0.588. The second-order valence-electron chi connectivity index (χ2n) is 6.52. The van der Waals surface area contributed by atoms with E-state index in [2.05, 4.69) is 17.1 Å². The third-order valence-electron chi connectivity index (χ3n) is 4.66. The van der Waals surface area contributed by atoms with Gasteiger partial charge in [0, 0.05) is 20.1 Å². The number of thioether (sulfide) groups is 1. The summed E-state index contributed by atoms with van der Waals surface area (Å²) in [7, 11) is 1.92. The van der Waals surface area contributed by atoms with Crippen molar-refractivity contribution in [1.29, 1.82) is 0 Å². The SMILES string of the molecule is Cc1occc1-c1nnc(S[C@@H](C)C(=O)N2CCC(C)CC2)n1C. The average Bonchev–Trinajstić information content (AvgIpc) is 3.14. The third kappa shape index (κ3) is 3.36. The van der Waals surface area contributed by atoms with Gasteiger partial charge in [0.2, 0.25) is 5.91 Å². The predicted molar refractivity (Wildman–Crippen MR) is 93.7 cm³/mol. The van der Waals surface area contributed by atoms with Gasteiger partial charge in [-0.1, -0.05) is 18.7 Å². The van der Waals surface area contributed by atoms with Crippen molar-refractivity contribution in [2.45, 2.75) is 44.0 Å². The molecule has 0 aromatic carbocycles. The normalized spacial score (nSPS) is 17.2. The summed E-state index contributed by atoms with van der Waals surface area (Å²) in [6, 6.07) is 1.89. The standard InChI is InChI=1S/C17H24N4O2S/c1-11-5-8-21(9-6-11)16(22)13(3)24-17-19-18-15(20(17)4)14-7-10-23-12(14)2/h7,10-11,13H,5-6,8-9H2,1-4H3/t13-/m0/s1. The Morgan fingerprint density at radius 3 is 2.71 bits per heavy atom. The van der Waals surface area contributed by atoms with Crippen LogP contribution in [-0.4, -0.2) is 43.9 Å². The molecule has 6 nitrogen and oxygen atoms in total. The predicted octanol–water partition coefficient (Wildman–Crippen LogP) is 3.12. The quantitative estimate of drug-likeness (QED) is 0.794. The molecule has 0 radical (unpaired) electrons. The number of nitrogens with zero attached hydrogens (tertiary/aromatic N) is 4. The first-order chi connectivity index (χ1) is 11.5. The average molecular weight is 348 g/mol. The van der Waals surface area contributed by atoms with Gasteiger partial charge in [-0.15, -0.1) is 10.2 Å². The van der Waals surface area contributed by atoms with Crippen LogP contribution >= 0.6 is 11.8 Å². The second-order valence-corrected chi connectivity index (χ2v) is 7.83. The van der Waals surface area contributed by atoms with Crippen LogP contribution in [0.3, 0.4) is 0 Å². The van der Waals surface area contributed by atoms with E-state index in [0.717, 1.165) is 54.2 Å². The monoisotopic (exact) mass is 348 g/mol. The molecule has 0 bridgehead atoms. The first kappa shape index (κ1) is 17.1. The zero-order valence-electron chi connectivity index (χ0n) is 14.7. The summed E-state index contributed by atoms with van der Waals surface area (Å²) in [5.41, 5.74) is 0.931. The summed E-state index contributed by atoms with van der Waals surface area (Å²) >= 11 is 1.46. The minimum atomic E-state index is -0.167. The fourth-order valence-corrected chi connectivity index (χ4v) is 3.86. The van der Waals surface area contributed by atoms with E-state index in [1.54, 1.807) is 6.26 Å². The Bertz CT molecular complexity index is 716. The number of hydrogen-bond acceptors (Lipinski definition) is 5. The molecule has 24 heavy (non-hydrogen) atoms. The highest BCUT2D eigenvalue weighted by atomic mass is 32.2. The van der Waals surface area contributed by atoms with Crippen LogP contribution in [0.5, 0.6) is 0 Å². The molecule has 0 aliphatic carbocycles. The highest BCUT2D eigenvalue weighted by Crippen LogP contribution is 2.29. The summed E-state index contributed by atoms with van der Waals surface area (Å²) < 4.78 is 7.26. The van der Waals surface area contributed by atoms with Crippen LogP contribution in [0.1, 0.15) is 32.4 Å². The van der Waals surface area contributed by atoms with Crippen molar-refractivity contribution in [1.82, 2.24) is 19.7 Å². The lowest BCUT2D eigenvalue weighted by Crippen LogP contribution is -2.41. The number of furan rings is 1. The Morgan fingerprint density at radius 1 is 1.38 bits per heavy atom. The number of carbonyl (C=O) groups excluding carboxylic acids is 1. The van der Waals surface area contributed by atoms with Crippen molar-refractivity contribution in [3.63, 3.8) is 0 Å². The zero-order chi connectivity index (χ0) is 17.3. The largest absolute Gasteiger partial charge is 0.469 e. The molecule has 1 aliphatic heterocycles. The lowest BCUT2D eigenvalue weighted by molar-refractivity contribution is -0.131. The molecule has 1 atom stereocenters. The number of rotatable bonds is 4. The topological polar surface area (TPSA) is 64.2 Å². The van der Waals surface area contributed by atoms with Gasteiger partial charge in [-0.05, 0) is 38.7 Å². The molecule has 7 heteroatoms. The van der Waals surface area contributed by atoms with Gasteiger partial charge >= 0.3 is 0 Å². The summed E-state index contributed by atoms with van der Waals surface area (Å²) in [6.07, 6.45) is 3.84. The maximum Gasteiger partial charge on any atom is 0.235 e. The fourth-order valence-electron chi connectivity index (χ4n) is 2.96. The number of piperidine rings is 1. The number of likely N-dealkylation sites (tertiary alicyclic amines) is 1. The molecule has 0 saturated carbocycles. The lowest BCUT2D eigenvalue weighted by Gasteiger charge is -2.31.